The summed E-state index contributed by atoms with van der Waals surface area (Å²) in [5.41, 5.74) is 6.17. The Morgan fingerprint density at radius 3 is 2.51 bits per heavy atom. The highest BCUT2D eigenvalue weighted by atomic mass is 32.2. The first kappa shape index (κ1) is 25.7. The summed E-state index contributed by atoms with van der Waals surface area (Å²) in [6.07, 6.45) is 6.04. The maximum Gasteiger partial charge on any atom is 0.255 e. The van der Waals surface area contributed by atoms with Crippen molar-refractivity contribution in [1.82, 2.24) is 9.55 Å². The van der Waals surface area contributed by atoms with E-state index in [-0.39, 0.29) is 5.56 Å². The van der Waals surface area contributed by atoms with E-state index in [4.69, 9.17) is 5.26 Å². The van der Waals surface area contributed by atoms with Crippen LogP contribution in [-0.2, 0) is 10.0 Å². The first-order chi connectivity index (χ1) is 18.7. The zero-order valence-corrected chi connectivity index (χ0v) is 22.2. The number of pyridine rings is 2. The van der Waals surface area contributed by atoms with Gasteiger partial charge < -0.3 is 5.32 Å². The molecule has 0 saturated carbocycles. The molecule has 5 rings (SSSR count). The Balaban J connectivity index is 1.65. The van der Waals surface area contributed by atoms with Gasteiger partial charge in [-0.05, 0) is 66.1 Å². The van der Waals surface area contributed by atoms with Gasteiger partial charge in [0, 0.05) is 47.0 Å². The van der Waals surface area contributed by atoms with Gasteiger partial charge in [-0.25, -0.2) is 8.42 Å². The number of nitrogens with one attached hydrogen (secondary N) is 2. The lowest BCUT2D eigenvalue weighted by Gasteiger charge is -2.16. The first-order valence-electron chi connectivity index (χ1n) is 12.2. The number of hydrogen-bond donors (Lipinski definition) is 2. The van der Waals surface area contributed by atoms with Crippen molar-refractivity contribution in [3.8, 4) is 22.9 Å². The van der Waals surface area contributed by atoms with E-state index in [1.165, 1.54) is 12.1 Å². The van der Waals surface area contributed by atoms with Gasteiger partial charge in [0.2, 0.25) is 10.0 Å². The quantitative estimate of drug-likeness (QED) is 0.214. The van der Waals surface area contributed by atoms with Crippen molar-refractivity contribution in [3.63, 3.8) is 0 Å². The van der Waals surface area contributed by atoms with E-state index >= 15 is 0 Å². The molecule has 2 aromatic heterocycles. The van der Waals surface area contributed by atoms with E-state index in [0.717, 1.165) is 50.4 Å². The Bertz CT molecular complexity index is 1950. The Hall–Kier alpha value is -4.94. The average Bonchev–Trinajstić information content (AvgIpc) is 2.91. The molecule has 0 bridgehead atoms. The number of allylic oxidation sites excluding steroid dienone is 1. The molecule has 8 nitrogen and oxygen atoms in total. The highest BCUT2D eigenvalue weighted by Gasteiger charge is 2.13. The van der Waals surface area contributed by atoms with E-state index in [1.807, 2.05) is 61.5 Å². The van der Waals surface area contributed by atoms with Crippen LogP contribution in [-0.4, -0.2) is 30.8 Å². The van der Waals surface area contributed by atoms with Gasteiger partial charge in [-0.1, -0.05) is 30.3 Å². The number of anilines is 2. The molecule has 0 spiro atoms. The lowest BCUT2D eigenvalue weighted by molar-refractivity contribution is 0.607. The van der Waals surface area contributed by atoms with Crippen molar-refractivity contribution in [1.29, 1.82) is 5.26 Å². The lowest BCUT2D eigenvalue weighted by Crippen LogP contribution is -2.18. The van der Waals surface area contributed by atoms with Crippen LogP contribution in [0.2, 0.25) is 0 Å². The molecule has 5 aromatic rings. The summed E-state index contributed by atoms with van der Waals surface area (Å²) in [6, 6.07) is 24.1. The van der Waals surface area contributed by atoms with Crippen molar-refractivity contribution in [3.05, 3.63) is 107 Å². The van der Waals surface area contributed by atoms with Gasteiger partial charge in [0.25, 0.3) is 5.56 Å². The SMILES string of the molecule is Cc1ccc(-n2c(=O)ccc3cnc4ccc(-c5ccc(NS(C)(=O)=O)cc5)cc4c32)cc1NCC=CC#N. The predicted molar refractivity (Wildman–Crippen MR) is 157 cm³/mol. The molecular weight excluding hydrogens is 510 g/mol. The maximum atomic E-state index is 13.3. The van der Waals surface area contributed by atoms with E-state index in [2.05, 4.69) is 15.0 Å². The van der Waals surface area contributed by atoms with E-state index in [9.17, 15) is 13.2 Å². The predicted octanol–water partition coefficient (Wildman–Crippen LogP) is 5.38. The number of aryl methyl sites for hydroxylation is 1. The fraction of sp³-hybridized carbons (Fsp3) is 0.100. The van der Waals surface area contributed by atoms with Crippen LogP contribution in [0.5, 0.6) is 0 Å². The fourth-order valence-corrected chi connectivity index (χ4v) is 5.08. The number of rotatable bonds is 7. The topological polar surface area (TPSA) is 117 Å². The third kappa shape index (κ3) is 5.51. The minimum absolute atomic E-state index is 0.171. The van der Waals surface area contributed by atoms with Crippen LogP contribution >= 0.6 is 0 Å². The van der Waals surface area contributed by atoms with Gasteiger partial charge in [0.05, 0.1) is 29.0 Å². The second-order valence-corrected chi connectivity index (χ2v) is 10.9. The number of benzene rings is 3. The molecule has 0 aliphatic rings. The molecule has 0 aliphatic carbocycles. The third-order valence-electron chi connectivity index (χ3n) is 6.32. The molecular formula is C30H25N5O3S. The highest BCUT2D eigenvalue weighted by molar-refractivity contribution is 7.92. The molecule has 2 heterocycles. The van der Waals surface area contributed by atoms with Crippen LogP contribution in [0.15, 0.2) is 95.9 Å². The van der Waals surface area contributed by atoms with Crippen LogP contribution < -0.4 is 15.6 Å². The number of aromatic nitrogens is 2. The Morgan fingerprint density at radius 1 is 1.00 bits per heavy atom. The van der Waals surface area contributed by atoms with E-state index < -0.39 is 10.0 Å². The summed E-state index contributed by atoms with van der Waals surface area (Å²) in [4.78, 5) is 17.9. The summed E-state index contributed by atoms with van der Waals surface area (Å²) < 4.78 is 27.3. The summed E-state index contributed by atoms with van der Waals surface area (Å²) in [5.74, 6) is 0. The largest absolute Gasteiger partial charge is 0.381 e. The van der Waals surface area contributed by atoms with Gasteiger partial charge in [-0.2, -0.15) is 5.26 Å². The highest BCUT2D eigenvalue weighted by Crippen LogP contribution is 2.31. The van der Waals surface area contributed by atoms with Gasteiger partial charge in [-0.3, -0.25) is 19.1 Å². The molecule has 0 fully saturated rings. The monoisotopic (exact) mass is 535 g/mol. The molecule has 3 aromatic carbocycles. The zero-order valence-electron chi connectivity index (χ0n) is 21.3. The molecule has 39 heavy (non-hydrogen) atoms. The Labute approximate surface area is 225 Å². The molecule has 0 amide bonds. The Kier molecular flexibility index (Phi) is 6.88. The molecule has 0 aliphatic heterocycles. The Morgan fingerprint density at radius 2 is 1.77 bits per heavy atom. The van der Waals surface area contributed by atoms with E-state index in [1.54, 1.807) is 35.0 Å². The number of sulfonamides is 1. The van der Waals surface area contributed by atoms with E-state index in [0.29, 0.717) is 17.9 Å². The van der Waals surface area contributed by atoms with Crippen LogP contribution in [0.4, 0.5) is 11.4 Å². The third-order valence-corrected chi connectivity index (χ3v) is 6.93. The van der Waals surface area contributed by atoms with Crippen molar-refractivity contribution in [2.75, 3.05) is 22.8 Å². The summed E-state index contributed by atoms with van der Waals surface area (Å²) in [7, 11) is -3.37. The standard InChI is InChI=1S/C30H25N5O3S/c1-20-5-12-25(18-28(20)32-16-4-3-15-31)35-29(36)14-9-23-19-33-27-13-8-22(17-26(27)30(23)35)21-6-10-24(11-7-21)34-39(2,37)38/h3-14,17-19,32,34H,16H2,1-2H3. The summed E-state index contributed by atoms with van der Waals surface area (Å²) in [5, 5.41) is 13.7. The van der Waals surface area contributed by atoms with Crippen molar-refractivity contribution in [2.24, 2.45) is 0 Å². The minimum atomic E-state index is -3.37. The molecule has 0 unspecified atom stereocenters. The van der Waals surface area contributed by atoms with Crippen LogP contribution in [0.25, 0.3) is 38.6 Å². The van der Waals surface area contributed by atoms with Crippen LogP contribution in [0.3, 0.4) is 0 Å². The molecule has 0 atom stereocenters. The minimum Gasteiger partial charge on any atom is -0.381 e. The number of fused-ring (bicyclic) bond motifs is 3. The number of nitriles is 1. The molecule has 0 saturated heterocycles. The van der Waals surface area contributed by atoms with Crippen LogP contribution in [0.1, 0.15) is 5.56 Å². The van der Waals surface area contributed by atoms with Crippen molar-refractivity contribution < 1.29 is 8.42 Å². The maximum absolute atomic E-state index is 13.3. The summed E-state index contributed by atoms with van der Waals surface area (Å²) >= 11 is 0. The smallest absolute Gasteiger partial charge is 0.255 e. The fourth-order valence-electron chi connectivity index (χ4n) is 4.51. The van der Waals surface area contributed by atoms with Gasteiger partial charge in [0.15, 0.2) is 0 Å². The second-order valence-electron chi connectivity index (χ2n) is 9.16. The van der Waals surface area contributed by atoms with Gasteiger partial charge >= 0.3 is 0 Å². The van der Waals surface area contributed by atoms with Crippen molar-refractivity contribution in [2.45, 2.75) is 6.92 Å². The average molecular weight is 536 g/mol. The zero-order chi connectivity index (χ0) is 27.6. The summed E-state index contributed by atoms with van der Waals surface area (Å²) in [6.45, 7) is 2.46. The number of nitrogens with zero attached hydrogens (tertiary/aromatic N) is 3. The lowest BCUT2D eigenvalue weighted by atomic mass is 10.0. The van der Waals surface area contributed by atoms with Gasteiger partial charge in [0.1, 0.15) is 0 Å². The first-order valence-corrected chi connectivity index (χ1v) is 14.0. The van der Waals surface area contributed by atoms with Crippen LogP contribution in [0, 0.1) is 18.3 Å². The normalized spacial score (nSPS) is 11.6. The van der Waals surface area contributed by atoms with Crippen molar-refractivity contribution >= 4 is 43.2 Å². The molecule has 9 heteroatoms. The molecule has 194 valence electrons. The second kappa shape index (κ2) is 10.4. The molecule has 2 N–H and O–H groups in total. The number of hydrogen-bond acceptors (Lipinski definition) is 6. The van der Waals surface area contributed by atoms with Gasteiger partial charge in [-0.15, -0.1) is 0 Å². The molecule has 0 radical (unpaired) electrons.